The van der Waals surface area contributed by atoms with Crippen LogP contribution in [-0.2, 0) is 9.59 Å². The van der Waals surface area contributed by atoms with Gasteiger partial charge in [0.05, 0.1) is 23.3 Å². The van der Waals surface area contributed by atoms with Crippen molar-refractivity contribution < 1.29 is 34.1 Å². The number of aliphatic hydroxyl groups is 2. The van der Waals surface area contributed by atoms with E-state index in [4.69, 9.17) is 14.6 Å². The van der Waals surface area contributed by atoms with Gasteiger partial charge in [0.15, 0.2) is 11.5 Å². The number of hydrogen-bond acceptors (Lipinski definition) is 7. The Morgan fingerprint density at radius 3 is 2.65 bits per heavy atom. The number of benzene rings is 1. The molecule has 0 bridgehead atoms. The highest BCUT2D eigenvalue weighted by atomic mass is 127. The van der Waals surface area contributed by atoms with Crippen molar-refractivity contribution in [3.05, 3.63) is 32.9 Å². The minimum atomic E-state index is -1.11. The summed E-state index contributed by atoms with van der Waals surface area (Å²) in [4.78, 5) is 39.2. The molecule has 0 fully saturated rings. The van der Waals surface area contributed by atoms with Crippen LogP contribution in [0.3, 0.4) is 0 Å². The molecule has 0 saturated carbocycles. The third-order valence-electron chi connectivity index (χ3n) is 6.27. The number of nitrogens with zero attached hydrogens (tertiary/aromatic N) is 1. The van der Waals surface area contributed by atoms with Gasteiger partial charge in [0.2, 0.25) is 11.8 Å². The van der Waals surface area contributed by atoms with Gasteiger partial charge in [-0.05, 0) is 59.6 Å². The molecule has 0 radical (unpaired) electrons. The van der Waals surface area contributed by atoms with Crippen molar-refractivity contribution in [2.24, 2.45) is 5.92 Å². The zero-order valence-corrected chi connectivity index (χ0v) is 24.2. The van der Waals surface area contributed by atoms with Crippen LogP contribution in [0.2, 0.25) is 0 Å². The number of nitrogens with one attached hydrogen (secondary N) is 1. The summed E-state index contributed by atoms with van der Waals surface area (Å²) in [7, 11) is 1.45. The fraction of sp³-hybridized carbons (Fsp3) is 0.593. The molecule has 0 saturated heterocycles. The third kappa shape index (κ3) is 8.68. The maximum atomic E-state index is 13.3. The molecular formula is C27H39IN2O7. The lowest BCUT2D eigenvalue weighted by Gasteiger charge is -2.41. The Morgan fingerprint density at radius 1 is 1.32 bits per heavy atom. The summed E-state index contributed by atoms with van der Waals surface area (Å²) in [5, 5.41) is 23.3. The van der Waals surface area contributed by atoms with Crippen LogP contribution < -0.4 is 14.8 Å². The molecule has 0 aliphatic heterocycles. The second-order valence-corrected chi connectivity index (χ2v) is 10.7. The zero-order valence-electron chi connectivity index (χ0n) is 22.0. The minimum absolute atomic E-state index is 0.0650. The zero-order chi connectivity index (χ0) is 27.5. The number of methoxy groups -OCH3 is 1. The molecule has 206 valence electrons. The van der Waals surface area contributed by atoms with Gasteiger partial charge >= 0.3 is 0 Å². The van der Waals surface area contributed by atoms with E-state index in [9.17, 15) is 19.5 Å². The Hall–Kier alpha value is -2.18. The van der Waals surface area contributed by atoms with Gasteiger partial charge in [-0.1, -0.05) is 27.2 Å². The van der Waals surface area contributed by atoms with Crippen LogP contribution in [0, 0.1) is 9.49 Å². The number of carbonyl (C=O) groups excluding carboxylic acids is 3. The lowest BCUT2D eigenvalue weighted by atomic mass is 9.87. The van der Waals surface area contributed by atoms with Crippen molar-refractivity contribution in [3.8, 4) is 11.5 Å². The predicted octanol–water partition coefficient (Wildman–Crippen LogP) is 3.09. The average Bonchev–Trinajstić information content (AvgIpc) is 2.88. The number of aldehydes is 1. The molecule has 2 amide bonds. The van der Waals surface area contributed by atoms with Crippen molar-refractivity contribution in [2.75, 3.05) is 26.8 Å². The third-order valence-corrected chi connectivity index (χ3v) is 7.07. The van der Waals surface area contributed by atoms with Gasteiger partial charge in [0.1, 0.15) is 18.5 Å². The maximum absolute atomic E-state index is 13.3. The summed E-state index contributed by atoms with van der Waals surface area (Å²) in [6.07, 6.45) is 3.07. The van der Waals surface area contributed by atoms with Crippen LogP contribution in [-0.4, -0.2) is 78.3 Å². The lowest BCUT2D eigenvalue weighted by molar-refractivity contribution is -0.139. The van der Waals surface area contributed by atoms with Crippen LogP contribution in [0.5, 0.6) is 11.5 Å². The number of unbranched alkanes of at least 4 members (excludes halogenated alkanes) is 1. The van der Waals surface area contributed by atoms with Crippen molar-refractivity contribution in [2.45, 2.75) is 71.1 Å². The number of rotatable bonds is 14. The molecule has 2 rings (SSSR count). The van der Waals surface area contributed by atoms with Crippen LogP contribution in [0.15, 0.2) is 23.8 Å². The van der Waals surface area contributed by atoms with Crippen molar-refractivity contribution in [3.63, 3.8) is 0 Å². The second kappa shape index (κ2) is 15.3. The van der Waals surface area contributed by atoms with Crippen LogP contribution in [0.4, 0.5) is 0 Å². The van der Waals surface area contributed by atoms with Gasteiger partial charge < -0.3 is 29.9 Å². The highest BCUT2D eigenvalue weighted by molar-refractivity contribution is 14.1. The van der Waals surface area contributed by atoms with E-state index in [0.29, 0.717) is 51.4 Å². The molecule has 1 aromatic carbocycles. The van der Waals surface area contributed by atoms with E-state index >= 15 is 0 Å². The normalized spacial score (nSPS) is 19.2. The van der Waals surface area contributed by atoms with Crippen LogP contribution in [0.1, 0.15) is 63.2 Å². The van der Waals surface area contributed by atoms with Gasteiger partial charge in [0.25, 0.3) is 0 Å². The van der Waals surface area contributed by atoms with Gasteiger partial charge in [-0.15, -0.1) is 0 Å². The molecular weight excluding hydrogens is 591 g/mol. The van der Waals surface area contributed by atoms with Crippen LogP contribution in [0.25, 0.3) is 0 Å². The van der Waals surface area contributed by atoms with E-state index in [1.807, 2.05) is 29.5 Å². The maximum Gasteiger partial charge on any atom is 0.247 e. The van der Waals surface area contributed by atoms with Crippen molar-refractivity contribution in [1.29, 1.82) is 0 Å². The van der Waals surface area contributed by atoms with E-state index in [1.165, 1.54) is 7.11 Å². The van der Waals surface area contributed by atoms with Gasteiger partial charge in [-0.25, -0.2) is 0 Å². The van der Waals surface area contributed by atoms with E-state index in [1.54, 1.807) is 23.1 Å². The summed E-state index contributed by atoms with van der Waals surface area (Å²) in [5.41, 5.74) is 0.779. The molecule has 9 nitrogen and oxygen atoms in total. The Kier molecular flexibility index (Phi) is 12.8. The molecule has 10 heteroatoms. The van der Waals surface area contributed by atoms with E-state index in [0.717, 1.165) is 19.3 Å². The minimum Gasteiger partial charge on any atom is -0.493 e. The largest absolute Gasteiger partial charge is 0.493 e. The second-order valence-electron chi connectivity index (χ2n) is 9.54. The van der Waals surface area contributed by atoms with E-state index in [-0.39, 0.29) is 31.4 Å². The van der Waals surface area contributed by atoms with Crippen molar-refractivity contribution in [1.82, 2.24) is 10.2 Å². The average molecular weight is 631 g/mol. The smallest absolute Gasteiger partial charge is 0.247 e. The SMILES string of the molecule is CCCCC(=O)N(CCC(C)C)[C@@H]1CC(C(=O)NCCO)=C[C@H](Oc2c(I)cc(C=O)cc2OC)[C@H]1O. The molecule has 0 unspecified atom stereocenters. The monoisotopic (exact) mass is 630 g/mol. The van der Waals surface area contributed by atoms with Gasteiger partial charge in [-0.3, -0.25) is 14.4 Å². The molecule has 3 N–H and O–H groups in total. The molecule has 1 aromatic rings. The standard InChI is InChI=1S/C27H39IN2O7/c1-5-6-7-24(33)30(10-8-17(2)3)21-14-19(27(35)29-9-11-31)15-22(25(21)34)37-26-20(28)12-18(16-32)13-23(26)36-4/h12-13,15-17,21-22,25,31,34H,5-11,14H2,1-4H3,(H,29,35)/t21-,22+,25+/m1/s1. The first kappa shape index (κ1) is 31.0. The number of amides is 2. The molecule has 0 aromatic heterocycles. The summed E-state index contributed by atoms with van der Waals surface area (Å²) < 4.78 is 12.3. The Bertz CT molecular complexity index is 966. The summed E-state index contributed by atoms with van der Waals surface area (Å²) in [5.74, 6) is 0.543. The summed E-state index contributed by atoms with van der Waals surface area (Å²) in [6.45, 7) is 6.49. The van der Waals surface area contributed by atoms with Gasteiger partial charge in [-0.2, -0.15) is 0 Å². The molecule has 1 aliphatic rings. The van der Waals surface area contributed by atoms with Crippen LogP contribution >= 0.6 is 22.6 Å². The van der Waals surface area contributed by atoms with Gasteiger partial charge in [0, 0.05) is 37.1 Å². The topological polar surface area (TPSA) is 125 Å². The number of hydrogen-bond donors (Lipinski definition) is 3. The summed E-state index contributed by atoms with van der Waals surface area (Å²) >= 11 is 2.03. The molecule has 0 spiro atoms. The number of aliphatic hydroxyl groups excluding tert-OH is 2. The highest BCUT2D eigenvalue weighted by Gasteiger charge is 2.40. The lowest BCUT2D eigenvalue weighted by Crippen LogP contribution is -2.55. The first-order valence-corrected chi connectivity index (χ1v) is 13.8. The Balaban J connectivity index is 2.49. The Morgan fingerprint density at radius 2 is 2.05 bits per heavy atom. The van der Waals surface area contributed by atoms with E-state index < -0.39 is 18.2 Å². The molecule has 0 heterocycles. The van der Waals surface area contributed by atoms with Crippen molar-refractivity contribution >= 4 is 40.7 Å². The predicted molar refractivity (Wildman–Crippen MR) is 149 cm³/mol. The Labute approximate surface area is 232 Å². The molecule has 1 aliphatic carbocycles. The fourth-order valence-corrected chi connectivity index (χ4v) is 4.93. The number of ether oxygens (including phenoxy) is 2. The number of halogens is 1. The highest BCUT2D eigenvalue weighted by Crippen LogP contribution is 2.37. The molecule has 37 heavy (non-hydrogen) atoms. The fourth-order valence-electron chi connectivity index (χ4n) is 4.18. The first-order valence-electron chi connectivity index (χ1n) is 12.7. The first-order chi connectivity index (χ1) is 17.7. The summed E-state index contributed by atoms with van der Waals surface area (Å²) in [6, 6.07) is 2.50. The van der Waals surface area contributed by atoms with E-state index in [2.05, 4.69) is 19.2 Å². The number of carbonyl (C=O) groups is 3. The molecule has 3 atom stereocenters. The quantitative estimate of drug-likeness (QED) is 0.213.